The van der Waals surface area contributed by atoms with Crippen molar-refractivity contribution in [1.29, 1.82) is 0 Å². The van der Waals surface area contributed by atoms with E-state index in [4.69, 9.17) is 16.3 Å². The highest BCUT2D eigenvalue weighted by atomic mass is 35.5. The van der Waals surface area contributed by atoms with Gasteiger partial charge in [-0.05, 0) is 55.8 Å². The highest BCUT2D eigenvalue weighted by Gasteiger charge is 2.24. The molecule has 9 nitrogen and oxygen atoms in total. The van der Waals surface area contributed by atoms with Crippen LogP contribution in [0.1, 0.15) is 37.2 Å². The largest absolute Gasteiger partial charge is 0.495 e. The molecule has 1 atom stereocenters. The lowest BCUT2D eigenvalue weighted by Gasteiger charge is -2.21. The molecule has 3 aromatic heterocycles. The standard InChI is InChI=1S/C29H25ClF2N6O3/c1-4-24(29(40)34-19-8-9-22-17(11-19)6-5-16(2)33-22)37-15-26(41-3)21(13-27(37)39)20-12-18(30)7-10-25(20)38-14-23(28(31)32)35-36-38/h5-15,24,28H,4H2,1-3H3,(H,34,40)/t24-/m0/s1. The van der Waals surface area contributed by atoms with Gasteiger partial charge in [-0.25, -0.2) is 13.5 Å². The average molecular weight is 579 g/mol. The number of amides is 1. The van der Waals surface area contributed by atoms with Crippen molar-refractivity contribution in [3.8, 4) is 22.6 Å². The number of hydrogen-bond donors (Lipinski definition) is 1. The highest BCUT2D eigenvalue weighted by molar-refractivity contribution is 6.31. The van der Waals surface area contributed by atoms with Crippen molar-refractivity contribution in [2.45, 2.75) is 32.7 Å². The smallest absolute Gasteiger partial charge is 0.283 e. The van der Waals surface area contributed by atoms with Crippen LogP contribution in [0.4, 0.5) is 14.5 Å². The topological polar surface area (TPSA) is 104 Å². The van der Waals surface area contributed by atoms with Gasteiger partial charge in [0.15, 0.2) is 0 Å². The van der Waals surface area contributed by atoms with Gasteiger partial charge in [-0.2, -0.15) is 0 Å². The number of rotatable bonds is 8. The summed E-state index contributed by atoms with van der Waals surface area (Å²) in [6.45, 7) is 3.70. The second-order valence-corrected chi connectivity index (χ2v) is 9.76. The molecular formula is C29H25ClF2N6O3. The molecule has 41 heavy (non-hydrogen) atoms. The normalized spacial score (nSPS) is 12.1. The molecule has 2 aromatic carbocycles. The number of nitrogens with zero attached hydrogens (tertiary/aromatic N) is 5. The zero-order valence-electron chi connectivity index (χ0n) is 22.3. The Morgan fingerprint density at radius 1 is 1.07 bits per heavy atom. The summed E-state index contributed by atoms with van der Waals surface area (Å²) >= 11 is 6.27. The summed E-state index contributed by atoms with van der Waals surface area (Å²) in [6.07, 6.45) is 0.0766. The molecule has 0 unspecified atom stereocenters. The quantitative estimate of drug-likeness (QED) is 0.237. The predicted octanol–water partition coefficient (Wildman–Crippen LogP) is 6.14. The zero-order chi connectivity index (χ0) is 29.3. The number of benzene rings is 2. The predicted molar refractivity (Wildman–Crippen MR) is 152 cm³/mol. The molecule has 5 aromatic rings. The Morgan fingerprint density at radius 2 is 1.88 bits per heavy atom. The first-order valence-corrected chi connectivity index (χ1v) is 13.1. The van der Waals surface area contributed by atoms with Gasteiger partial charge in [0.05, 0.1) is 30.7 Å². The van der Waals surface area contributed by atoms with Crippen LogP contribution in [-0.4, -0.2) is 37.6 Å². The van der Waals surface area contributed by atoms with Gasteiger partial charge in [0.1, 0.15) is 17.5 Å². The minimum absolute atomic E-state index is 0.265. The third-order valence-corrected chi connectivity index (χ3v) is 6.85. The van der Waals surface area contributed by atoms with Crippen LogP contribution in [0.25, 0.3) is 27.7 Å². The van der Waals surface area contributed by atoms with Crippen molar-refractivity contribution >= 4 is 34.1 Å². The Hall–Kier alpha value is -4.64. The van der Waals surface area contributed by atoms with Crippen LogP contribution in [-0.2, 0) is 4.79 Å². The molecule has 210 valence electrons. The van der Waals surface area contributed by atoms with Gasteiger partial charge < -0.3 is 10.1 Å². The third-order valence-electron chi connectivity index (χ3n) is 6.62. The van der Waals surface area contributed by atoms with Crippen LogP contribution in [0.3, 0.4) is 0 Å². The van der Waals surface area contributed by atoms with E-state index in [1.165, 1.54) is 28.6 Å². The number of carbonyl (C=O) groups excluding carboxylic acids is 1. The molecule has 0 fully saturated rings. The number of fused-ring (bicyclic) bond motifs is 1. The summed E-state index contributed by atoms with van der Waals surface area (Å²) < 4.78 is 34.4. The molecule has 12 heteroatoms. The van der Waals surface area contributed by atoms with E-state index >= 15 is 0 Å². The van der Waals surface area contributed by atoms with E-state index in [0.717, 1.165) is 22.8 Å². The number of hydrogen-bond acceptors (Lipinski definition) is 6. The molecule has 0 spiro atoms. The van der Waals surface area contributed by atoms with Gasteiger partial charge in [0, 0.05) is 39.0 Å². The summed E-state index contributed by atoms with van der Waals surface area (Å²) in [7, 11) is 1.42. The molecule has 0 aliphatic carbocycles. The van der Waals surface area contributed by atoms with Crippen LogP contribution in [0.2, 0.25) is 5.02 Å². The van der Waals surface area contributed by atoms with E-state index in [1.807, 2.05) is 31.2 Å². The van der Waals surface area contributed by atoms with Gasteiger partial charge in [-0.1, -0.05) is 29.8 Å². The number of halogens is 3. The van der Waals surface area contributed by atoms with Crippen molar-refractivity contribution in [2.24, 2.45) is 0 Å². The second-order valence-electron chi connectivity index (χ2n) is 9.32. The molecule has 0 radical (unpaired) electrons. The van der Waals surface area contributed by atoms with Crippen molar-refractivity contribution in [3.63, 3.8) is 0 Å². The highest BCUT2D eigenvalue weighted by Crippen LogP contribution is 2.36. The van der Waals surface area contributed by atoms with Crippen molar-refractivity contribution in [3.05, 3.63) is 93.8 Å². The molecular weight excluding hydrogens is 554 g/mol. The fraction of sp³-hybridized carbons (Fsp3) is 0.207. The van der Waals surface area contributed by atoms with Gasteiger partial charge in [0.25, 0.3) is 12.0 Å². The Balaban J connectivity index is 1.51. The van der Waals surface area contributed by atoms with Crippen LogP contribution in [0.15, 0.2) is 71.8 Å². The number of ether oxygens (including phenoxy) is 1. The van der Waals surface area contributed by atoms with E-state index in [0.29, 0.717) is 33.9 Å². The number of alkyl halides is 2. The molecule has 0 aliphatic heterocycles. The van der Waals surface area contributed by atoms with Crippen LogP contribution >= 0.6 is 11.6 Å². The summed E-state index contributed by atoms with van der Waals surface area (Å²) in [4.78, 5) is 31.3. The summed E-state index contributed by atoms with van der Waals surface area (Å²) in [6, 6.07) is 14.4. The Labute approximate surface area is 238 Å². The fourth-order valence-electron chi connectivity index (χ4n) is 4.60. The number of aromatic nitrogens is 5. The van der Waals surface area contributed by atoms with Gasteiger partial charge in [-0.3, -0.25) is 19.1 Å². The zero-order valence-corrected chi connectivity index (χ0v) is 23.1. The number of carbonyl (C=O) groups is 1. The maximum absolute atomic E-state index is 13.4. The molecule has 0 aliphatic rings. The lowest BCUT2D eigenvalue weighted by Crippen LogP contribution is -2.32. The van der Waals surface area contributed by atoms with E-state index < -0.39 is 23.7 Å². The first-order chi connectivity index (χ1) is 19.7. The van der Waals surface area contributed by atoms with Crippen molar-refractivity contribution in [1.82, 2.24) is 24.5 Å². The summed E-state index contributed by atoms with van der Waals surface area (Å²) in [5.74, 6) is -0.116. The van der Waals surface area contributed by atoms with E-state index in [9.17, 15) is 18.4 Å². The van der Waals surface area contributed by atoms with Crippen LogP contribution in [0.5, 0.6) is 5.75 Å². The number of nitrogens with one attached hydrogen (secondary N) is 1. The SMILES string of the molecule is CC[C@@H](C(=O)Nc1ccc2nc(C)ccc2c1)n1cc(OC)c(-c2cc(Cl)ccc2-n2cc(C(F)F)nn2)cc1=O. The second kappa shape index (κ2) is 11.5. The van der Waals surface area contributed by atoms with Gasteiger partial charge in [0.2, 0.25) is 5.91 Å². The van der Waals surface area contributed by atoms with Crippen molar-refractivity contribution in [2.75, 3.05) is 12.4 Å². The fourth-order valence-corrected chi connectivity index (χ4v) is 4.77. The molecule has 1 N–H and O–H groups in total. The Morgan fingerprint density at radius 3 is 2.59 bits per heavy atom. The summed E-state index contributed by atoms with van der Waals surface area (Å²) in [5, 5.41) is 11.4. The van der Waals surface area contributed by atoms with Gasteiger partial charge >= 0.3 is 0 Å². The molecule has 0 saturated heterocycles. The first kappa shape index (κ1) is 27.9. The average Bonchev–Trinajstić information content (AvgIpc) is 3.45. The third kappa shape index (κ3) is 5.66. The molecule has 0 saturated carbocycles. The first-order valence-electron chi connectivity index (χ1n) is 12.7. The molecule has 5 rings (SSSR count). The molecule has 1 amide bonds. The maximum Gasteiger partial charge on any atom is 0.283 e. The summed E-state index contributed by atoms with van der Waals surface area (Å²) in [5.41, 5.74) is 2.40. The van der Waals surface area contributed by atoms with Crippen molar-refractivity contribution < 1.29 is 18.3 Å². The maximum atomic E-state index is 13.4. The van der Waals surface area contributed by atoms with E-state index in [1.54, 1.807) is 31.2 Å². The van der Waals surface area contributed by atoms with Crippen LogP contribution in [0, 0.1) is 6.92 Å². The number of anilines is 1. The Bertz CT molecular complexity index is 1820. The minimum Gasteiger partial charge on any atom is -0.495 e. The Kier molecular flexibility index (Phi) is 7.80. The number of pyridine rings is 2. The monoisotopic (exact) mass is 578 g/mol. The van der Waals surface area contributed by atoms with Crippen LogP contribution < -0.4 is 15.6 Å². The van der Waals surface area contributed by atoms with Gasteiger partial charge in [-0.15, -0.1) is 5.10 Å². The number of aryl methyl sites for hydroxylation is 1. The molecule has 3 heterocycles. The lowest BCUT2D eigenvalue weighted by atomic mass is 10.0. The van der Waals surface area contributed by atoms with E-state index in [-0.39, 0.29) is 11.7 Å². The minimum atomic E-state index is -2.80. The molecule has 0 bridgehead atoms. The lowest BCUT2D eigenvalue weighted by molar-refractivity contribution is -0.119. The van der Waals surface area contributed by atoms with E-state index in [2.05, 4.69) is 20.6 Å². The number of methoxy groups -OCH3 is 1.